The molecule has 74 valence electrons. The molecular weight excluding hydrogens is 168 g/mol. The number of allylic oxidation sites excluding steroid dienone is 3. The Bertz CT molecular complexity index is 317. The Morgan fingerprint density at radius 2 is 2.07 bits per heavy atom. The van der Waals surface area contributed by atoms with Gasteiger partial charge in [0, 0.05) is 0 Å². The summed E-state index contributed by atoms with van der Waals surface area (Å²) >= 11 is 0. The van der Waals surface area contributed by atoms with Crippen molar-refractivity contribution in [3.8, 4) is 0 Å². The highest BCUT2D eigenvalue weighted by molar-refractivity contribution is 5.24. The van der Waals surface area contributed by atoms with Crippen LogP contribution in [0.25, 0.3) is 0 Å². The molecule has 0 nitrogen and oxygen atoms in total. The first-order chi connectivity index (χ1) is 6.90. The van der Waals surface area contributed by atoms with E-state index in [0.29, 0.717) is 0 Å². The normalized spacial score (nSPS) is 44.7. The van der Waals surface area contributed by atoms with Gasteiger partial charge >= 0.3 is 0 Å². The monoisotopic (exact) mass is 186 g/mol. The molecule has 4 atom stereocenters. The van der Waals surface area contributed by atoms with Gasteiger partial charge in [0.25, 0.3) is 0 Å². The zero-order chi connectivity index (χ0) is 9.54. The van der Waals surface area contributed by atoms with Gasteiger partial charge in [-0.15, -0.1) is 5.73 Å². The highest BCUT2D eigenvalue weighted by Crippen LogP contribution is 2.52. The molecule has 0 aromatic carbocycles. The largest absolute Gasteiger partial charge is 0.129 e. The molecule has 0 aromatic rings. The molecule has 0 aliphatic heterocycles. The Morgan fingerprint density at radius 3 is 2.79 bits per heavy atom. The minimum Gasteiger partial charge on any atom is -0.129 e. The van der Waals surface area contributed by atoms with Crippen molar-refractivity contribution in [3.05, 3.63) is 30.0 Å². The molecule has 3 aliphatic carbocycles. The van der Waals surface area contributed by atoms with Crippen LogP contribution < -0.4 is 0 Å². The molecule has 0 heterocycles. The van der Waals surface area contributed by atoms with Crippen LogP contribution in [0.1, 0.15) is 32.1 Å². The molecule has 2 fully saturated rings. The van der Waals surface area contributed by atoms with Gasteiger partial charge in [-0.25, -0.2) is 0 Å². The van der Waals surface area contributed by atoms with E-state index < -0.39 is 0 Å². The summed E-state index contributed by atoms with van der Waals surface area (Å²) in [6.07, 6.45) is 11.8. The van der Waals surface area contributed by atoms with Gasteiger partial charge in [0.2, 0.25) is 0 Å². The first kappa shape index (κ1) is 8.56. The summed E-state index contributed by atoms with van der Waals surface area (Å²) in [5.41, 5.74) is 4.76. The maximum absolute atomic E-state index is 3.87. The lowest BCUT2D eigenvalue weighted by Gasteiger charge is -2.48. The highest BCUT2D eigenvalue weighted by atomic mass is 14.5. The summed E-state index contributed by atoms with van der Waals surface area (Å²) in [5, 5.41) is 0. The van der Waals surface area contributed by atoms with E-state index in [4.69, 9.17) is 0 Å². The van der Waals surface area contributed by atoms with Gasteiger partial charge in [0.1, 0.15) is 0 Å². The van der Waals surface area contributed by atoms with Gasteiger partial charge < -0.3 is 0 Å². The fourth-order valence-electron chi connectivity index (χ4n) is 3.72. The van der Waals surface area contributed by atoms with Crippen LogP contribution in [0.4, 0.5) is 0 Å². The molecule has 3 aliphatic rings. The zero-order valence-corrected chi connectivity index (χ0v) is 8.71. The molecule has 0 bridgehead atoms. The maximum atomic E-state index is 3.87. The van der Waals surface area contributed by atoms with Crippen molar-refractivity contribution in [2.45, 2.75) is 32.1 Å². The lowest BCUT2D eigenvalue weighted by atomic mass is 9.56. The van der Waals surface area contributed by atoms with Crippen LogP contribution in [0.5, 0.6) is 0 Å². The molecular formula is C14H18. The molecule has 0 aromatic heterocycles. The van der Waals surface area contributed by atoms with Gasteiger partial charge in [0.05, 0.1) is 0 Å². The molecule has 14 heavy (non-hydrogen) atoms. The average Bonchev–Trinajstić information content (AvgIpc) is 2.18. The second-order valence-corrected chi connectivity index (χ2v) is 5.09. The lowest BCUT2D eigenvalue weighted by Crippen LogP contribution is -2.39. The number of fused-ring (bicyclic) bond motifs is 3. The summed E-state index contributed by atoms with van der Waals surface area (Å²) in [4.78, 5) is 0. The maximum Gasteiger partial charge on any atom is -0.00929 e. The molecule has 3 unspecified atom stereocenters. The molecule has 3 rings (SSSR count). The van der Waals surface area contributed by atoms with Crippen molar-refractivity contribution in [2.75, 3.05) is 0 Å². The van der Waals surface area contributed by atoms with Gasteiger partial charge in [-0.3, -0.25) is 0 Å². The minimum atomic E-state index is 0.840. The van der Waals surface area contributed by atoms with E-state index in [2.05, 4.69) is 24.5 Å². The van der Waals surface area contributed by atoms with E-state index in [1.807, 2.05) is 0 Å². The molecule has 0 saturated heterocycles. The van der Waals surface area contributed by atoms with Crippen LogP contribution in [0.15, 0.2) is 30.0 Å². The first-order valence-corrected chi connectivity index (χ1v) is 5.97. The van der Waals surface area contributed by atoms with Gasteiger partial charge in [-0.05, 0) is 48.5 Å². The summed E-state index contributed by atoms with van der Waals surface area (Å²) < 4.78 is 0. The fourth-order valence-corrected chi connectivity index (χ4v) is 3.72. The summed E-state index contributed by atoms with van der Waals surface area (Å²) in [6, 6.07) is 0. The van der Waals surface area contributed by atoms with Crippen LogP contribution in [-0.2, 0) is 0 Å². The summed E-state index contributed by atoms with van der Waals surface area (Å²) in [6.45, 7) is 3.87. The number of rotatable bonds is 0. The predicted octanol–water partition coefficient (Wildman–Crippen LogP) is 3.71. The standard InChI is InChI=1S/C14H18/c1-2-10-9-11-7-8-13(11)14-6-4-3-5-12(10)14/h7-8,11-14H,1,3-6,9H2/t11?,12-,13?,14?/m1/s1. The van der Waals surface area contributed by atoms with Gasteiger partial charge in [0.15, 0.2) is 0 Å². The number of hydrogen-bond acceptors (Lipinski definition) is 0. The van der Waals surface area contributed by atoms with Gasteiger partial charge in [-0.1, -0.05) is 31.6 Å². The Kier molecular flexibility index (Phi) is 1.92. The van der Waals surface area contributed by atoms with E-state index in [-0.39, 0.29) is 0 Å². The van der Waals surface area contributed by atoms with E-state index in [0.717, 1.165) is 23.7 Å². The highest BCUT2D eigenvalue weighted by Gasteiger charge is 2.43. The lowest BCUT2D eigenvalue weighted by molar-refractivity contribution is 0.131. The third-order valence-corrected chi connectivity index (χ3v) is 4.52. The fraction of sp³-hybridized carbons (Fsp3) is 0.643. The quantitative estimate of drug-likeness (QED) is 0.399. The number of hydrogen-bond donors (Lipinski definition) is 0. The molecule has 2 saturated carbocycles. The Morgan fingerprint density at radius 1 is 1.21 bits per heavy atom. The van der Waals surface area contributed by atoms with E-state index in [1.165, 1.54) is 32.1 Å². The smallest absolute Gasteiger partial charge is 0.00929 e. The summed E-state index contributed by atoms with van der Waals surface area (Å²) in [5.74, 6) is 3.54. The van der Waals surface area contributed by atoms with Crippen molar-refractivity contribution in [1.29, 1.82) is 0 Å². The predicted molar refractivity (Wildman–Crippen MR) is 58.8 cm³/mol. The van der Waals surface area contributed by atoms with Crippen molar-refractivity contribution in [3.63, 3.8) is 0 Å². The molecule has 0 N–H and O–H groups in total. The molecule has 0 spiro atoms. The van der Waals surface area contributed by atoms with E-state index >= 15 is 0 Å². The second kappa shape index (κ2) is 3.14. The topological polar surface area (TPSA) is 0 Å². The Balaban J connectivity index is 1.93. The van der Waals surface area contributed by atoms with Crippen LogP contribution in [0.2, 0.25) is 0 Å². The van der Waals surface area contributed by atoms with Crippen LogP contribution in [0.3, 0.4) is 0 Å². The third-order valence-electron chi connectivity index (χ3n) is 4.52. The molecule has 0 radical (unpaired) electrons. The first-order valence-electron chi connectivity index (χ1n) is 5.97. The van der Waals surface area contributed by atoms with E-state index in [9.17, 15) is 0 Å². The zero-order valence-electron chi connectivity index (χ0n) is 8.71. The van der Waals surface area contributed by atoms with E-state index in [1.54, 1.807) is 5.57 Å². The molecule has 0 heteroatoms. The second-order valence-electron chi connectivity index (χ2n) is 5.09. The minimum absolute atomic E-state index is 0.840. The van der Waals surface area contributed by atoms with Crippen molar-refractivity contribution >= 4 is 0 Å². The van der Waals surface area contributed by atoms with Crippen LogP contribution in [-0.4, -0.2) is 0 Å². The van der Waals surface area contributed by atoms with Gasteiger partial charge in [-0.2, -0.15) is 0 Å². The van der Waals surface area contributed by atoms with Crippen LogP contribution >= 0.6 is 0 Å². The van der Waals surface area contributed by atoms with Crippen molar-refractivity contribution in [2.24, 2.45) is 23.7 Å². The Hall–Kier alpha value is -0.740. The van der Waals surface area contributed by atoms with Crippen molar-refractivity contribution < 1.29 is 0 Å². The van der Waals surface area contributed by atoms with Crippen molar-refractivity contribution in [1.82, 2.24) is 0 Å². The third kappa shape index (κ3) is 1.07. The average molecular weight is 186 g/mol. The molecule has 0 amide bonds. The van der Waals surface area contributed by atoms with Crippen LogP contribution in [0, 0.1) is 23.7 Å². The SMILES string of the molecule is C=C=C1CC2C=CC2C2CCCC[C@H]12. The summed E-state index contributed by atoms with van der Waals surface area (Å²) in [7, 11) is 0. The Labute approximate surface area is 86.4 Å².